The maximum atomic E-state index is 11.5. The molecule has 0 aliphatic heterocycles. The van der Waals surface area contributed by atoms with Crippen LogP contribution >= 0.6 is 0 Å². The predicted molar refractivity (Wildman–Crippen MR) is 163 cm³/mol. The Bertz CT molecular complexity index is 1100. The van der Waals surface area contributed by atoms with Crippen molar-refractivity contribution in [3.05, 3.63) is 53.6 Å². The summed E-state index contributed by atoms with van der Waals surface area (Å²) in [6, 6.07) is 7.81. The van der Waals surface area contributed by atoms with E-state index in [9.17, 15) is 25.2 Å². The largest absolute Gasteiger partial charge is 0.492 e. The van der Waals surface area contributed by atoms with Crippen LogP contribution in [0.15, 0.2) is 41.7 Å². The number of aryl methyl sites for hydroxylation is 1. The molecule has 0 bridgehead atoms. The molecular formula is C30H48N6O7. The smallest absolute Gasteiger partial charge is 0.269 e. The number of unbranched alkanes of at least 4 members (excludes halogenated alkanes) is 4. The first-order valence-corrected chi connectivity index (χ1v) is 14.9. The molecule has 1 aromatic carbocycles. The molecule has 2 aromatic rings. The number of benzene rings is 1. The van der Waals surface area contributed by atoms with Crippen LogP contribution in [0.5, 0.6) is 5.75 Å². The summed E-state index contributed by atoms with van der Waals surface area (Å²) >= 11 is 0. The molecule has 13 heteroatoms. The SMILES string of the molecule is CCCCCCN(CCOc1ccc(CCCCN=C(N)c2nccnc2C(N)=O)cc1)C[C@@H](O)[C@@H](O)[C@@H](O)[C@@H](O)CO. The van der Waals surface area contributed by atoms with Crippen molar-refractivity contribution in [2.75, 3.05) is 39.4 Å². The number of rotatable bonds is 22. The summed E-state index contributed by atoms with van der Waals surface area (Å²) in [7, 11) is 0. The van der Waals surface area contributed by atoms with Crippen LogP contribution in [0.25, 0.3) is 0 Å². The quantitative estimate of drug-likeness (QED) is 0.0538. The van der Waals surface area contributed by atoms with E-state index in [-0.39, 0.29) is 23.8 Å². The van der Waals surface area contributed by atoms with Crippen molar-refractivity contribution >= 4 is 11.7 Å². The van der Waals surface area contributed by atoms with Gasteiger partial charge in [0.05, 0.1) is 12.7 Å². The fourth-order valence-electron chi connectivity index (χ4n) is 4.46. The Balaban J connectivity index is 1.79. The predicted octanol–water partition coefficient (Wildman–Crippen LogP) is 0.000700. The standard InChI is InChI=1S/C30H48N6O7/c1-2-3-4-7-16-36(19-23(38)27(40)28(41)24(39)20-37)17-18-43-22-11-9-21(10-12-22)8-5-6-13-35-29(31)25-26(30(32)42)34-15-14-33-25/h9-12,14-15,23-24,27-28,37-41H,2-8,13,16-20H2,1H3,(H2,31,35)(H2,32,42)/t23-,24+,27-,28+/m1/s1. The highest BCUT2D eigenvalue weighted by atomic mass is 16.5. The minimum Gasteiger partial charge on any atom is -0.492 e. The molecule has 1 heterocycles. The third-order valence-corrected chi connectivity index (χ3v) is 7.03. The summed E-state index contributed by atoms with van der Waals surface area (Å²) in [4.78, 5) is 25.7. The van der Waals surface area contributed by atoms with E-state index < -0.39 is 36.9 Å². The fourth-order valence-corrected chi connectivity index (χ4v) is 4.46. The second-order valence-electron chi connectivity index (χ2n) is 10.5. The number of ether oxygens (including phenoxy) is 1. The van der Waals surface area contributed by atoms with E-state index in [0.29, 0.717) is 32.0 Å². The molecule has 0 saturated heterocycles. The molecule has 0 radical (unpaired) electrons. The van der Waals surface area contributed by atoms with Crippen molar-refractivity contribution in [1.29, 1.82) is 0 Å². The molecule has 1 amide bonds. The minimum absolute atomic E-state index is 0.00282. The lowest BCUT2D eigenvalue weighted by Crippen LogP contribution is -2.50. The summed E-state index contributed by atoms with van der Waals surface area (Å²) < 4.78 is 5.92. The zero-order valence-corrected chi connectivity index (χ0v) is 25.0. The number of amidine groups is 1. The summed E-state index contributed by atoms with van der Waals surface area (Å²) in [5, 5.41) is 49.2. The summed E-state index contributed by atoms with van der Waals surface area (Å²) in [5.41, 5.74) is 12.6. The van der Waals surface area contributed by atoms with Gasteiger partial charge in [-0.05, 0) is 49.9 Å². The van der Waals surface area contributed by atoms with Crippen LogP contribution in [-0.2, 0) is 6.42 Å². The molecule has 240 valence electrons. The summed E-state index contributed by atoms with van der Waals surface area (Å²) in [6.45, 7) is 3.52. The van der Waals surface area contributed by atoms with E-state index >= 15 is 0 Å². The van der Waals surface area contributed by atoms with Crippen LogP contribution in [0.1, 0.15) is 67.2 Å². The lowest BCUT2D eigenvalue weighted by atomic mass is 10.0. The zero-order valence-electron chi connectivity index (χ0n) is 25.0. The number of nitrogens with two attached hydrogens (primary N) is 2. The van der Waals surface area contributed by atoms with Gasteiger partial charge in [-0.2, -0.15) is 0 Å². The average Bonchev–Trinajstić information content (AvgIpc) is 3.02. The van der Waals surface area contributed by atoms with E-state index in [2.05, 4.69) is 21.9 Å². The van der Waals surface area contributed by atoms with Crippen LogP contribution in [0.4, 0.5) is 0 Å². The van der Waals surface area contributed by atoms with Crippen molar-refractivity contribution in [2.24, 2.45) is 16.5 Å². The molecular weight excluding hydrogens is 556 g/mol. The number of aromatic nitrogens is 2. The fraction of sp³-hybridized carbons (Fsp3) is 0.600. The van der Waals surface area contributed by atoms with Gasteiger partial charge in [0.25, 0.3) is 5.91 Å². The second-order valence-corrected chi connectivity index (χ2v) is 10.5. The van der Waals surface area contributed by atoms with Gasteiger partial charge in [-0.15, -0.1) is 0 Å². The first-order chi connectivity index (χ1) is 20.7. The molecule has 9 N–H and O–H groups in total. The van der Waals surface area contributed by atoms with Gasteiger partial charge in [0.2, 0.25) is 0 Å². The molecule has 0 spiro atoms. The van der Waals surface area contributed by atoms with Crippen LogP contribution in [0.3, 0.4) is 0 Å². The van der Waals surface area contributed by atoms with Crippen LogP contribution < -0.4 is 16.2 Å². The highest BCUT2D eigenvalue weighted by molar-refractivity contribution is 6.05. The van der Waals surface area contributed by atoms with Crippen LogP contribution in [0.2, 0.25) is 0 Å². The van der Waals surface area contributed by atoms with E-state index in [4.69, 9.17) is 21.3 Å². The molecule has 2 rings (SSSR count). The van der Waals surface area contributed by atoms with E-state index in [1.165, 1.54) is 12.4 Å². The lowest BCUT2D eigenvalue weighted by Gasteiger charge is -2.30. The van der Waals surface area contributed by atoms with Crippen LogP contribution in [0, 0.1) is 0 Å². The summed E-state index contributed by atoms with van der Waals surface area (Å²) in [6.07, 6.45) is 3.39. The third kappa shape index (κ3) is 12.9. The molecule has 0 aliphatic carbocycles. The zero-order chi connectivity index (χ0) is 31.6. The Labute approximate surface area is 253 Å². The monoisotopic (exact) mass is 604 g/mol. The number of hydrogen-bond acceptors (Lipinski definition) is 11. The highest BCUT2D eigenvalue weighted by Gasteiger charge is 2.31. The number of aliphatic hydroxyl groups is 5. The number of carbonyl (C=O) groups is 1. The molecule has 43 heavy (non-hydrogen) atoms. The van der Waals surface area contributed by atoms with E-state index in [1.54, 1.807) is 0 Å². The van der Waals surface area contributed by atoms with E-state index in [0.717, 1.165) is 50.5 Å². The topological polar surface area (TPSA) is 221 Å². The number of aliphatic hydroxyl groups excluding tert-OH is 5. The third-order valence-electron chi connectivity index (χ3n) is 7.03. The Morgan fingerprint density at radius 1 is 0.907 bits per heavy atom. The second kappa shape index (κ2) is 19.9. The molecule has 0 saturated carbocycles. The van der Waals surface area contributed by atoms with Crippen molar-refractivity contribution in [2.45, 2.75) is 76.3 Å². The van der Waals surface area contributed by atoms with Gasteiger partial charge < -0.3 is 41.7 Å². The number of carbonyl (C=O) groups excluding carboxylic acids is 1. The van der Waals surface area contributed by atoms with Crippen molar-refractivity contribution in [3.63, 3.8) is 0 Å². The van der Waals surface area contributed by atoms with Gasteiger partial charge in [-0.1, -0.05) is 38.3 Å². The first-order valence-electron chi connectivity index (χ1n) is 14.9. The normalized spacial score (nSPS) is 14.8. The highest BCUT2D eigenvalue weighted by Crippen LogP contribution is 2.15. The number of aliphatic imine (C=N–C) groups is 1. The Kier molecular flexibility index (Phi) is 16.6. The summed E-state index contributed by atoms with van der Waals surface area (Å²) in [5.74, 6) is 0.134. The Morgan fingerprint density at radius 2 is 1.58 bits per heavy atom. The van der Waals surface area contributed by atoms with Gasteiger partial charge in [-0.25, -0.2) is 9.97 Å². The van der Waals surface area contributed by atoms with Crippen molar-refractivity contribution in [1.82, 2.24) is 14.9 Å². The molecule has 1 aromatic heterocycles. The Hall–Kier alpha value is -3.20. The van der Waals surface area contributed by atoms with Crippen molar-refractivity contribution in [3.8, 4) is 5.75 Å². The van der Waals surface area contributed by atoms with Gasteiger partial charge in [0.1, 0.15) is 42.2 Å². The van der Waals surface area contributed by atoms with Gasteiger partial charge in [-0.3, -0.25) is 14.7 Å². The van der Waals surface area contributed by atoms with Gasteiger partial charge in [0.15, 0.2) is 5.69 Å². The van der Waals surface area contributed by atoms with E-state index in [1.807, 2.05) is 29.2 Å². The molecule has 13 nitrogen and oxygen atoms in total. The van der Waals surface area contributed by atoms with Crippen molar-refractivity contribution < 1.29 is 35.1 Å². The lowest BCUT2D eigenvalue weighted by molar-refractivity contribution is -0.119. The number of amides is 1. The Morgan fingerprint density at radius 3 is 2.23 bits per heavy atom. The maximum absolute atomic E-state index is 11.5. The molecule has 0 unspecified atom stereocenters. The van der Waals surface area contributed by atoms with Crippen LogP contribution in [-0.4, -0.2) is 116 Å². The number of nitrogens with zero attached hydrogens (tertiary/aromatic N) is 4. The molecule has 4 atom stereocenters. The maximum Gasteiger partial charge on any atom is 0.269 e. The average molecular weight is 605 g/mol. The van der Waals surface area contributed by atoms with Gasteiger partial charge >= 0.3 is 0 Å². The minimum atomic E-state index is -1.65. The number of hydrogen-bond donors (Lipinski definition) is 7. The first kappa shape index (κ1) is 36.0. The van der Waals surface area contributed by atoms with Gasteiger partial charge in [0, 0.05) is 32.0 Å². The molecule has 0 aliphatic rings. The molecule has 0 fully saturated rings. The number of primary amides is 1.